The number of hydrogen-bond acceptors (Lipinski definition) is 7. The maximum Gasteiger partial charge on any atom is 0.338 e. The summed E-state index contributed by atoms with van der Waals surface area (Å²) in [6.07, 6.45) is 1.84. The van der Waals surface area contributed by atoms with E-state index in [0.717, 1.165) is 22.4 Å². The lowest BCUT2D eigenvalue weighted by molar-refractivity contribution is -0.139. The van der Waals surface area contributed by atoms with E-state index in [9.17, 15) is 9.59 Å². The number of rotatable bonds is 9. The summed E-state index contributed by atoms with van der Waals surface area (Å²) < 4.78 is 19.2. The molecule has 1 aromatic heterocycles. The van der Waals surface area contributed by atoms with Gasteiger partial charge in [0.1, 0.15) is 18.1 Å². The highest BCUT2D eigenvalue weighted by atomic mass is 32.1. The third-order valence-electron chi connectivity index (χ3n) is 7.48. The van der Waals surface area contributed by atoms with E-state index in [-0.39, 0.29) is 12.2 Å². The van der Waals surface area contributed by atoms with Gasteiger partial charge in [-0.15, -0.1) is 0 Å². The first-order valence-corrected chi connectivity index (χ1v) is 15.4. The van der Waals surface area contributed by atoms with E-state index in [0.29, 0.717) is 39.6 Å². The van der Waals surface area contributed by atoms with Crippen molar-refractivity contribution >= 4 is 34.2 Å². The molecule has 0 bridgehead atoms. The summed E-state index contributed by atoms with van der Waals surface area (Å²) in [5.41, 5.74) is 3.40. The molecule has 0 amide bonds. The SMILES string of the molecule is CCOC(=O)C1=C(C)N=c2s/c(=C\c3ccc(OCc4cccc5ccccc45)cc3)c(=O)n2[C@@H]1c1ccc(OCC)cc1. The summed E-state index contributed by atoms with van der Waals surface area (Å²) in [7, 11) is 0. The van der Waals surface area contributed by atoms with Crippen molar-refractivity contribution in [1.82, 2.24) is 4.57 Å². The fraction of sp³-hybridized carbons (Fsp3) is 0.194. The van der Waals surface area contributed by atoms with Crippen LogP contribution >= 0.6 is 11.3 Å². The molecular weight excluding hydrogens is 572 g/mol. The second-order valence-corrected chi connectivity index (χ2v) is 11.3. The van der Waals surface area contributed by atoms with E-state index in [1.54, 1.807) is 18.4 Å². The fourth-order valence-electron chi connectivity index (χ4n) is 5.41. The van der Waals surface area contributed by atoms with Gasteiger partial charge >= 0.3 is 5.97 Å². The number of ether oxygens (including phenoxy) is 3. The average Bonchev–Trinajstić information content (AvgIpc) is 3.34. The molecule has 0 fully saturated rings. The van der Waals surface area contributed by atoms with Gasteiger partial charge in [0.25, 0.3) is 5.56 Å². The molecule has 4 aromatic carbocycles. The van der Waals surface area contributed by atoms with Gasteiger partial charge in [0.15, 0.2) is 4.80 Å². The van der Waals surface area contributed by atoms with Crippen molar-refractivity contribution in [3.8, 4) is 11.5 Å². The zero-order chi connectivity index (χ0) is 30.6. The van der Waals surface area contributed by atoms with Crippen molar-refractivity contribution in [2.75, 3.05) is 13.2 Å². The molecule has 0 unspecified atom stereocenters. The van der Waals surface area contributed by atoms with E-state index < -0.39 is 12.0 Å². The lowest BCUT2D eigenvalue weighted by atomic mass is 9.96. The highest BCUT2D eigenvalue weighted by Crippen LogP contribution is 2.31. The van der Waals surface area contributed by atoms with Crippen LogP contribution in [0.4, 0.5) is 0 Å². The molecule has 8 heteroatoms. The van der Waals surface area contributed by atoms with Gasteiger partial charge in [-0.3, -0.25) is 9.36 Å². The van der Waals surface area contributed by atoms with Crippen LogP contribution in [0.25, 0.3) is 16.8 Å². The van der Waals surface area contributed by atoms with Crippen molar-refractivity contribution in [2.24, 2.45) is 4.99 Å². The molecule has 1 aliphatic heterocycles. The number of carbonyl (C=O) groups is 1. The number of hydrogen-bond donors (Lipinski definition) is 0. The molecule has 5 aromatic rings. The molecule has 6 rings (SSSR count). The summed E-state index contributed by atoms with van der Waals surface area (Å²) in [5, 5.41) is 2.35. The first-order valence-electron chi connectivity index (χ1n) is 14.6. The van der Waals surface area contributed by atoms with Crippen LogP contribution in [0.5, 0.6) is 11.5 Å². The third-order valence-corrected chi connectivity index (χ3v) is 8.46. The molecule has 1 aliphatic rings. The number of esters is 1. The Morgan fingerprint density at radius 1 is 0.886 bits per heavy atom. The maximum atomic E-state index is 13.9. The molecular formula is C36H32N2O5S. The monoisotopic (exact) mass is 604 g/mol. The average molecular weight is 605 g/mol. The third kappa shape index (κ3) is 5.81. The van der Waals surface area contributed by atoms with Gasteiger partial charge in [-0.2, -0.15) is 0 Å². The van der Waals surface area contributed by atoms with Crippen LogP contribution in [0.2, 0.25) is 0 Å². The highest BCUT2D eigenvalue weighted by molar-refractivity contribution is 7.07. The van der Waals surface area contributed by atoms with Crippen molar-refractivity contribution in [3.63, 3.8) is 0 Å². The Bertz CT molecular complexity index is 2030. The minimum atomic E-state index is -0.673. The lowest BCUT2D eigenvalue weighted by Gasteiger charge is -2.24. The molecule has 1 atom stereocenters. The maximum absolute atomic E-state index is 13.9. The van der Waals surface area contributed by atoms with E-state index in [4.69, 9.17) is 14.2 Å². The highest BCUT2D eigenvalue weighted by Gasteiger charge is 2.33. The molecule has 0 saturated carbocycles. The summed E-state index contributed by atoms with van der Waals surface area (Å²) in [5.74, 6) is 0.967. The molecule has 0 spiro atoms. The molecule has 44 heavy (non-hydrogen) atoms. The van der Waals surface area contributed by atoms with E-state index in [2.05, 4.69) is 29.3 Å². The largest absolute Gasteiger partial charge is 0.494 e. The number of thiazole rings is 1. The van der Waals surface area contributed by atoms with Crippen molar-refractivity contribution in [3.05, 3.63) is 139 Å². The van der Waals surface area contributed by atoms with E-state index >= 15 is 0 Å². The summed E-state index contributed by atoms with van der Waals surface area (Å²) in [6.45, 7) is 6.67. The van der Waals surface area contributed by atoms with Gasteiger partial charge in [-0.05, 0) is 78.6 Å². The fourth-order valence-corrected chi connectivity index (χ4v) is 6.46. The van der Waals surface area contributed by atoms with Crippen LogP contribution in [0, 0.1) is 0 Å². The standard InChI is InChI=1S/C36H32N2O5S/c1-4-41-28-19-15-26(16-20-28)33-32(35(40)42-5-2)23(3)37-36-38(33)34(39)31(44-36)21-24-13-17-29(18-14-24)43-22-27-11-8-10-25-9-6-7-12-30(25)27/h6-21,33H,4-5,22H2,1-3H3/b31-21-/t33-/m1/s1. The predicted molar refractivity (Wildman–Crippen MR) is 173 cm³/mol. The molecule has 2 heterocycles. The molecule has 0 aliphatic carbocycles. The van der Waals surface area contributed by atoms with Gasteiger partial charge < -0.3 is 14.2 Å². The number of nitrogens with zero attached hydrogens (tertiary/aromatic N) is 2. The van der Waals surface area contributed by atoms with Gasteiger partial charge in [0.2, 0.25) is 0 Å². The second kappa shape index (κ2) is 12.7. The van der Waals surface area contributed by atoms with Crippen LogP contribution in [-0.2, 0) is 16.1 Å². The van der Waals surface area contributed by atoms with Gasteiger partial charge in [0.05, 0.1) is 35.1 Å². The smallest absolute Gasteiger partial charge is 0.338 e. The van der Waals surface area contributed by atoms with Crippen molar-refractivity contribution in [2.45, 2.75) is 33.4 Å². The Labute approximate surface area is 259 Å². The molecule has 0 N–H and O–H groups in total. The Hall–Kier alpha value is -4.95. The molecule has 0 radical (unpaired) electrons. The Kier molecular flexibility index (Phi) is 8.43. The van der Waals surface area contributed by atoms with Gasteiger partial charge in [0, 0.05) is 0 Å². The normalized spacial score (nSPS) is 14.7. The van der Waals surface area contributed by atoms with Crippen LogP contribution in [-0.4, -0.2) is 23.8 Å². The Morgan fingerprint density at radius 2 is 1.59 bits per heavy atom. The molecule has 222 valence electrons. The quantitative estimate of drug-likeness (QED) is 0.195. The number of allylic oxidation sites excluding steroid dienone is 1. The zero-order valence-corrected chi connectivity index (χ0v) is 25.6. The Morgan fingerprint density at radius 3 is 2.34 bits per heavy atom. The van der Waals surface area contributed by atoms with Crippen LogP contribution < -0.4 is 24.4 Å². The van der Waals surface area contributed by atoms with Gasteiger partial charge in [-0.25, -0.2) is 9.79 Å². The number of aromatic nitrogens is 1. The first-order chi connectivity index (χ1) is 21.5. The van der Waals surface area contributed by atoms with E-state index in [1.807, 2.05) is 79.7 Å². The number of fused-ring (bicyclic) bond motifs is 2. The van der Waals surface area contributed by atoms with Crippen LogP contribution in [0.1, 0.15) is 43.5 Å². The Balaban J connectivity index is 1.31. The predicted octanol–water partition coefficient (Wildman–Crippen LogP) is 5.93. The minimum Gasteiger partial charge on any atom is -0.494 e. The minimum absolute atomic E-state index is 0.220. The summed E-state index contributed by atoms with van der Waals surface area (Å²) in [4.78, 5) is 32.2. The first kappa shape index (κ1) is 29.1. The lowest BCUT2D eigenvalue weighted by Crippen LogP contribution is -2.39. The molecule has 7 nitrogen and oxygen atoms in total. The van der Waals surface area contributed by atoms with Crippen LogP contribution in [0.15, 0.2) is 112 Å². The van der Waals surface area contributed by atoms with Crippen molar-refractivity contribution in [1.29, 1.82) is 0 Å². The van der Waals surface area contributed by atoms with E-state index in [1.165, 1.54) is 22.1 Å². The zero-order valence-electron chi connectivity index (χ0n) is 24.8. The van der Waals surface area contributed by atoms with Crippen molar-refractivity contribution < 1.29 is 19.0 Å². The second-order valence-electron chi connectivity index (χ2n) is 10.3. The topological polar surface area (TPSA) is 79.1 Å². The number of carbonyl (C=O) groups excluding carboxylic acids is 1. The van der Waals surface area contributed by atoms with Crippen LogP contribution in [0.3, 0.4) is 0 Å². The molecule has 0 saturated heterocycles. The summed E-state index contributed by atoms with van der Waals surface area (Å²) >= 11 is 1.30. The summed E-state index contributed by atoms with van der Waals surface area (Å²) in [6, 6.07) is 28.9. The van der Waals surface area contributed by atoms with Gasteiger partial charge in [-0.1, -0.05) is 78.1 Å². The number of benzene rings is 4.